The molecule has 0 amide bonds. The molecule has 104 valence electrons. The van der Waals surface area contributed by atoms with Crippen molar-refractivity contribution in [1.82, 2.24) is 10.6 Å². The van der Waals surface area contributed by atoms with E-state index in [0.717, 1.165) is 11.8 Å². The molecule has 0 unspecified atom stereocenters. The highest BCUT2D eigenvalue weighted by atomic mass is 35.5. The molecule has 0 aromatic heterocycles. The third kappa shape index (κ3) is 6.85. The fourth-order valence-corrected chi connectivity index (χ4v) is 2.97. The van der Waals surface area contributed by atoms with Crippen molar-refractivity contribution in [2.24, 2.45) is 11.8 Å². The molecular formula is C13H28Cl2N2. The minimum absolute atomic E-state index is 0. The van der Waals surface area contributed by atoms with E-state index >= 15 is 0 Å². The van der Waals surface area contributed by atoms with E-state index in [4.69, 9.17) is 0 Å². The Kier molecular flexibility index (Phi) is 10.7. The van der Waals surface area contributed by atoms with Crippen LogP contribution in [-0.4, -0.2) is 26.2 Å². The van der Waals surface area contributed by atoms with Crippen molar-refractivity contribution in [3.05, 3.63) is 0 Å². The molecule has 0 aromatic rings. The zero-order valence-corrected chi connectivity index (χ0v) is 12.4. The summed E-state index contributed by atoms with van der Waals surface area (Å²) in [6.45, 7) is 5.01. The maximum atomic E-state index is 3.70. The molecule has 2 aliphatic rings. The average Bonchev–Trinajstić information content (AvgIpc) is 2.32. The highest BCUT2D eigenvalue weighted by Gasteiger charge is 2.15. The summed E-state index contributed by atoms with van der Waals surface area (Å²) in [6, 6.07) is 0. The molecule has 0 bridgehead atoms. The molecule has 4 heteroatoms. The summed E-state index contributed by atoms with van der Waals surface area (Å²) in [5, 5.41) is 7.12. The molecule has 2 nitrogen and oxygen atoms in total. The minimum Gasteiger partial charge on any atom is -0.317 e. The van der Waals surface area contributed by atoms with E-state index in [1.807, 2.05) is 0 Å². The van der Waals surface area contributed by atoms with Crippen LogP contribution in [0.25, 0.3) is 0 Å². The fraction of sp³-hybridized carbons (Fsp3) is 1.00. The first kappa shape index (κ1) is 17.5. The van der Waals surface area contributed by atoms with E-state index in [0.29, 0.717) is 0 Å². The molecular weight excluding hydrogens is 255 g/mol. The van der Waals surface area contributed by atoms with Crippen LogP contribution in [0.4, 0.5) is 0 Å². The number of piperidine rings is 1. The maximum Gasteiger partial charge on any atom is -0.00195 e. The van der Waals surface area contributed by atoms with Crippen LogP contribution >= 0.6 is 24.8 Å². The summed E-state index contributed by atoms with van der Waals surface area (Å²) < 4.78 is 0. The van der Waals surface area contributed by atoms with Crippen molar-refractivity contribution in [3.8, 4) is 0 Å². The van der Waals surface area contributed by atoms with Gasteiger partial charge in [0.05, 0.1) is 0 Å². The first-order valence-corrected chi connectivity index (χ1v) is 6.86. The number of halogens is 2. The zero-order valence-electron chi connectivity index (χ0n) is 10.7. The summed E-state index contributed by atoms with van der Waals surface area (Å²) in [4.78, 5) is 0. The van der Waals surface area contributed by atoms with Crippen LogP contribution < -0.4 is 10.6 Å². The van der Waals surface area contributed by atoms with Crippen molar-refractivity contribution in [3.63, 3.8) is 0 Å². The van der Waals surface area contributed by atoms with Gasteiger partial charge in [-0.3, -0.25) is 0 Å². The second kappa shape index (κ2) is 10.4. The van der Waals surface area contributed by atoms with E-state index < -0.39 is 0 Å². The molecule has 1 saturated carbocycles. The Morgan fingerprint density at radius 2 is 1.29 bits per heavy atom. The lowest BCUT2D eigenvalue weighted by Crippen LogP contribution is -2.35. The van der Waals surface area contributed by atoms with Crippen LogP contribution in [0.2, 0.25) is 0 Å². The summed E-state index contributed by atoms with van der Waals surface area (Å²) in [7, 11) is 0. The molecule has 1 aliphatic carbocycles. The molecule has 1 heterocycles. The summed E-state index contributed by atoms with van der Waals surface area (Å²) in [6.07, 6.45) is 10.1. The molecule has 17 heavy (non-hydrogen) atoms. The Morgan fingerprint density at radius 3 is 1.88 bits per heavy atom. The quantitative estimate of drug-likeness (QED) is 0.829. The average molecular weight is 283 g/mol. The first-order valence-electron chi connectivity index (χ1n) is 6.86. The molecule has 1 saturated heterocycles. The van der Waals surface area contributed by atoms with Gasteiger partial charge in [0.15, 0.2) is 0 Å². The lowest BCUT2D eigenvalue weighted by molar-refractivity contribution is 0.311. The van der Waals surface area contributed by atoms with Crippen LogP contribution in [0.1, 0.15) is 44.9 Å². The van der Waals surface area contributed by atoms with Gasteiger partial charge in [-0.1, -0.05) is 19.3 Å². The van der Waals surface area contributed by atoms with Gasteiger partial charge in [0.25, 0.3) is 0 Å². The summed E-state index contributed by atoms with van der Waals surface area (Å²) in [5.74, 6) is 1.93. The molecule has 2 fully saturated rings. The highest BCUT2D eigenvalue weighted by molar-refractivity contribution is 5.85. The highest BCUT2D eigenvalue weighted by Crippen LogP contribution is 2.22. The third-order valence-electron chi connectivity index (χ3n) is 4.05. The van der Waals surface area contributed by atoms with Gasteiger partial charge in [0.1, 0.15) is 0 Å². The Hall–Kier alpha value is 0.500. The number of rotatable bonds is 4. The SMILES string of the molecule is C1CCC(CNCC2CCNCC2)CC1.Cl.Cl. The van der Waals surface area contributed by atoms with Crippen molar-refractivity contribution in [1.29, 1.82) is 0 Å². The Bertz CT molecular complexity index is 149. The minimum atomic E-state index is 0. The monoisotopic (exact) mass is 282 g/mol. The van der Waals surface area contributed by atoms with Crippen LogP contribution in [0.5, 0.6) is 0 Å². The van der Waals surface area contributed by atoms with Gasteiger partial charge < -0.3 is 10.6 Å². The molecule has 2 rings (SSSR count). The van der Waals surface area contributed by atoms with E-state index in [9.17, 15) is 0 Å². The van der Waals surface area contributed by atoms with Gasteiger partial charge in [0.2, 0.25) is 0 Å². The number of nitrogens with one attached hydrogen (secondary N) is 2. The Morgan fingerprint density at radius 1 is 0.765 bits per heavy atom. The fourth-order valence-electron chi connectivity index (χ4n) is 2.97. The van der Waals surface area contributed by atoms with Crippen molar-refractivity contribution >= 4 is 24.8 Å². The summed E-state index contributed by atoms with van der Waals surface area (Å²) >= 11 is 0. The summed E-state index contributed by atoms with van der Waals surface area (Å²) in [5.41, 5.74) is 0. The predicted molar refractivity (Wildman–Crippen MR) is 79.5 cm³/mol. The number of hydrogen-bond acceptors (Lipinski definition) is 2. The van der Waals surface area contributed by atoms with Gasteiger partial charge in [-0.25, -0.2) is 0 Å². The van der Waals surface area contributed by atoms with Gasteiger partial charge in [0, 0.05) is 0 Å². The zero-order chi connectivity index (χ0) is 10.3. The smallest absolute Gasteiger partial charge is 0.00195 e. The third-order valence-corrected chi connectivity index (χ3v) is 4.05. The van der Waals surface area contributed by atoms with Crippen molar-refractivity contribution in [2.45, 2.75) is 44.9 Å². The lowest BCUT2D eigenvalue weighted by Gasteiger charge is -2.26. The molecule has 0 radical (unpaired) electrons. The van der Waals surface area contributed by atoms with E-state index in [1.165, 1.54) is 71.1 Å². The van der Waals surface area contributed by atoms with E-state index in [2.05, 4.69) is 10.6 Å². The van der Waals surface area contributed by atoms with Crippen LogP contribution in [0, 0.1) is 11.8 Å². The number of hydrogen-bond donors (Lipinski definition) is 2. The van der Waals surface area contributed by atoms with Crippen LogP contribution in [0.3, 0.4) is 0 Å². The van der Waals surface area contributed by atoms with Crippen LogP contribution in [0.15, 0.2) is 0 Å². The van der Waals surface area contributed by atoms with Gasteiger partial charge in [-0.2, -0.15) is 0 Å². The molecule has 1 aliphatic heterocycles. The molecule has 2 N–H and O–H groups in total. The van der Waals surface area contributed by atoms with Crippen molar-refractivity contribution < 1.29 is 0 Å². The van der Waals surface area contributed by atoms with Gasteiger partial charge in [-0.15, -0.1) is 24.8 Å². The van der Waals surface area contributed by atoms with E-state index in [1.54, 1.807) is 0 Å². The largest absolute Gasteiger partial charge is 0.317 e. The Labute approximate surface area is 119 Å². The lowest BCUT2D eigenvalue weighted by atomic mass is 9.89. The van der Waals surface area contributed by atoms with Gasteiger partial charge >= 0.3 is 0 Å². The van der Waals surface area contributed by atoms with Crippen LogP contribution in [-0.2, 0) is 0 Å². The maximum absolute atomic E-state index is 3.70. The topological polar surface area (TPSA) is 24.1 Å². The first-order chi connectivity index (χ1) is 7.45. The Balaban J connectivity index is 0.00000128. The van der Waals surface area contributed by atoms with Gasteiger partial charge in [-0.05, 0) is 63.7 Å². The normalized spacial score (nSPS) is 22.6. The second-order valence-corrected chi connectivity index (χ2v) is 5.36. The molecule has 0 aromatic carbocycles. The second-order valence-electron chi connectivity index (χ2n) is 5.36. The standard InChI is InChI=1S/C13H26N2.2ClH/c1-2-4-12(5-3-1)10-15-11-13-6-8-14-9-7-13;;/h12-15H,1-11H2;2*1H. The molecule has 0 spiro atoms. The van der Waals surface area contributed by atoms with Crippen molar-refractivity contribution in [2.75, 3.05) is 26.2 Å². The predicted octanol–water partition coefficient (Wildman–Crippen LogP) is 3.00. The van der Waals surface area contributed by atoms with E-state index in [-0.39, 0.29) is 24.8 Å². The molecule has 0 atom stereocenters.